The number of anilines is 1. The lowest BCUT2D eigenvalue weighted by Gasteiger charge is -2.22. The van der Waals surface area contributed by atoms with Gasteiger partial charge in [0.15, 0.2) is 11.5 Å². The van der Waals surface area contributed by atoms with E-state index in [0.717, 1.165) is 22.7 Å². The molecule has 5 heteroatoms. The second-order valence-electron chi connectivity index (χ2n) is 4.58. The van der Waals surface area contributed by atoms with Gasteiger partial charge in [0.05, 0.1) is 6.04 Å². The Balaban J connectivity index is 1.79. The van der Waals surface area contributed by atoms with Crippen molar-refractivity contribution >= 4 is 5.69 Å². The molecule has 0 saturated heterocycles. The summed E-state index contributed by atoms with van der Waals surface area (Å²) in [4.78, 5) is 4.13. The maximum atomic E-state index is 5.84. The Morgan fingerprint density at radius 3 is 2.80 bits per heavy atom. The minimum absolute atomic E-state index is 0.0197. The second-order valence-corrected chi connectivity index (χ2v) is 4.58. The van der Waals surface area contributed by atoms with Crippen LogP contribution in [0.15, 0.2) is 42.7 Å². The lowest BCUT2D eigenvalue weighted by Crippen LogP contribution is -2.21. The van der Waals surface area contributed by atoms with Crippen LogP contribution < -0.4 is 20.5 Å². The van der Waals surface area contributed by atoms with E-state index in [1.807, 2.05) is 36.5 Å². The van der Waals surface area contributed by atoms with Crippen molar-refractivity contribution in [2.75, 3.05) is 25.1 Å². The first-order valence-electron chi connectivity index (χ1n) is 6.63. The Morgan fingerprint density at radius 1 is 1.20 bits per heavy atom. The van der Waals surface area contributed by atoms with Crippen molar-refractivity contribution in [3.8, 4) is 11.5 Å². The number of aromatic nitrogens is 1. The highest BCUT2D eigenvalue weighted by atomic mass is 16.6. The van der Waals surface area contributed by atoms with Crippen LogP contribution in [0.4, 0.5) is 5.69 Å². The summed E-state index contributed by atoms with van der Waals surface area (Å²) in [6, 6.07) is 9.75. The van der Waals surface area contributed by atoms with Gasteiger partial charge < -0.3 is 20.5 Å². The smallest absolute Gasteiger partial charge is 0.163 e. The fraction of sp³-hybridized carbons (Fsp3) is 0.267. The summed E-state index contributed by atoms with van der Waals surface area (Å²) in [7, 11) is 0. The van der Waals surface area contributed by atoms with Gasteiger partial charge in [-0.15, -0.1) is 0 Å². The molecule has 2 aromatic rings. The van der Waals surface area contributed by atoms with Gasteiger partial charge in [0.25, 0.3) is 0 Å². The molecule has 0 fully saturated rings. The molecule has 104 valence electrons. The number of benzene rings is 1. The third-order valence-corrected chi connectivity index (χ3v) is 3.21. The van der Waals surface area contributed by atoms with Gasteiger partial charge in [0.1, 0.15) is 13.2 Å². The molecule has 0 bridgehead atoms. The molecule has 0 spiro atoms. The van der Waals surface area contributed by atoms with E-state index in [0.29, 0.717) is 19.8 Å². The van der Waals surface area contributed by atoms with Gasteiger partial charge >= 0.3 is 0 Å². The largest absolute Gasteiger partial charge is 0.486 e. The highest BCUT2D eigenvalue weighted by Gasteiger charge is 2.14. The Morgan fingerprint density at radius 2 is 2.05 bits per heavy atom. The quantitative estimate of drug-likeness (QED) is 0.889. The summed E-state index contributed by atoms with van der Waals surface area (Å²) in [5, 5.41) is 3.39. The van der Waals surface area contributed by atoms with Crippen LogP contribution in [0, 0.1) is 0 Å². The highest BCUT2D eigenvalue weighted by molar-refractivity contribution is 5.56. The van der Waals surface area contributed by atoms with E-state index in [9.17, 15) is 0 Å². The van der Waals surface area contributed by atoms with E-state index in [1.54, 1.807) is 6.20 Å². The summed E-state index contributed by atoms with van der Waals surface area (Å²) in [5.74, 6) is 1.55. The van der Waals surface area contributed by atoms with Gasteiger partial charge in [-0.25, -0.2) is 0 Å². The van der Waals surface area contributed by atoms with Crippen LogP contribution in [0.2, 0.25) is 0 Å². The molecule has 1 aliphatic rings. The zero-order valence-electron chi connectivity index (χ0n) is 11.1. The summed E-state index contributed by atoms with van der Waals surface area (Å²) in [6.45, 7) is 1.67. The van der Waals surface area contributed by atoms with Gasteiger partial charge in [0, 0.05) is 30.7 Å². The second kappa shape index (κ2) is 5.79. The Hall–Kier alpha value is -2.27. The zero-order valence-corrected chi connectivity index (χ0v) is 11.1. The average molecular weight is 271 g/mol. The van der Waals surface area contributed by atoms with Crippen molar-refractivity contribution in [3.63, 3.8) is 0 Å². The van der Waals surface area contributed by atoms with Crippen LogP contribution in [0.5, 0.6) is 11.5 Å². The van der Waals surface area contributed by atoms with Gasteiger partial charge in [-0.05, 0) is 23.8 Å². The third-order valence-electron chi connectivity index (χ3n) is 3.21. The summed E-state index contributed by atoms with van der Waals surface area (Å²) >= 11 is 0. The van der Waals surface area contributed by atoms with E-state index in [-0.39, 0.29) is 6.04 Å². The maximum Gasteiger partial charge on any atom is 0.163 e. The minimum atomic E-state index is 0.0197. The fourth-order valence-electron chi connectivity index (χ4n) is 2.19. The molecule has 5 nitrogen and oxygen atoms in total. The molecule has 3 rings (SSSR count). The molecular weight excluding hydrogens is 254 g/mol. The number of hydrogen-bond donors (Lipinski definition) is 2. The van der Waals surface area contributed by atoms with Crippen molar-refractivity contribution in [1.82, 2.24) is 4.98 Å². The first kappa shape index (κ1) is 12.7. The predicted molar refractivity (Wildman–Crippen MR) is 77.1 cm³/mol. The van der Waals surface area contributed by atoms with Crippen molar-refractivity contribution in [3.05, 3.63) is 48.3 Å². The van der Waals surface area contributed by atoms with Gasteiger partial charge in [-0.3, -0.25) is 4.98 Å². The third kappa shape index (κ3) is 2.67. The van der Waals surface area contributed by atoms with Crippen LogP contribution in [-0.2, 0) is 0 Å². The van der Waals surface area contributed by atoms with Crippen molar-refractivity contribution in [2.45, 2.75) is 6.04 Å². The maximum absolute atomic E-state index is 5.84. The average Bonchev–Trinajstić information content (AvgIpc) is 2.53. The molecule has 20 heavy (non-hydrogen) atoms. The zero-order chi connectivity index (χ0) is 13.8. The highest BCUT2D eigenvalue weighted by Crippen LogP contribution is 2.33. The lowest BCUT2D eigenvalue weighted by atomic mass is 10.1. The van der Waals surface area contributed by atoms with E-state index in [1.165, 1.54) is 0 Å². The van der Waals surface area contributed by atoms with Crippen molar-refractivity contribution < 1.29 is 9.47 Å². The Kier molecular flexibility index (Phi) is 3.69. The number of pyridine rings is 1. The molecular formula is C15H17N3O2. The number of fused-ring (bicyclic) bond motifs is 1. The SMILES string of the molecule is NCC(Nc1ccc2c(c1)OCCO2)c1cccnc1. The fourth-order valence-corrected chi connectivity index (χ4v) is 2.19. The van der Waals surface area contributed by atoms with Gasteiger partial charge in [-0.2, -0.15) is 0 Å². The Labute approximate surface area is 117 Å². The van der Waals surface area contributed by atoms with E-state index < -0.39 is 0 Å². The van der Waals surface area contributed by atoms with Crippen LogP contribution >= 0.6 is 0 Å². The first-order chi connectivity index (χ1) is 9.86. The number of rotatable bonds is 4. The first-order valence-corrected chi connectivity index (χ1v) is 6.63. The van der Waals surface area contributed by atoms with Crippen LogP contribution in [0.1, 0.15) is 11.6 Å². The number of nitrogens with two attached hydrogens (primary N) is 1. The molecule has 1 atom stereocenters. The van der Waals surface area contributed by atoms with Gasteiger partial charge in [0.2, 0.25) is 0 Å². The van der Waals surface area contributed by atoms with E-state index >= 15 is 0 Å². The number of nitrogens with one attached hydrogen (secondary N) is 1. The molecule has 0 saturated carbocycles. The molecule has 0 aliphatic carbocycles. The summed E-state index contributed by atoms with van der Waals surface area (Å²) in [5.41, 5.74) is 7.86. The normalized spacial score (nSPS) is 14.7. The van der Waals surface area contributed by atoms with E-state index in [2.05, 4.69) is 10.3 Å². The topological polar surface area (TPSA) is 69.4 Å². The monoisotopic (exact) mass is 271 g/mol. The van der Waals surface area contributed by atoms with Gasteiger partial charge in [-0.1, -0.05) is 6.07 Å². The van der Waals surface area contributed by atoms with Crippen LogP contribution in [0.3, 0.4) is 0 Å². The molecule has 0 radical (unpaired) electrons. The number of hydrogen-bond acceptors (Lipinski definition) is 5. The summed E-state index contributed by atoms with van der Waals surface area (Å²) < 4.78 is 11.1. The van der Waals surface area contributed by atoms with E-state index in [4.69, 9.17) is 15.2 Å². The number of nitrogens with zero attached hydrogens (tertiary/aromatic N) is 1. The molecule has 1 unspecified atom stereocenters. The number of ether oxygens (including phenoxy) is 2. The molecule has 2 heterocycles. The molecule has 1 aromatic carbocycles. The molecule has 0 amide bonds. The molecule has 3 N–H and O–H groups in total. The van der Waals surface area contributed by atoms with Crippen LogP contribution in [-0.4, -0.2) is 24.7 Å². The predicted octanol–water partition coefficient (Wildman–Crippen LogP) is 1.96. The lowest BCUT2D eigenvalue weighted by molar-refractivity contribution is 0.171. The Bertz CT molecular complexity index is 575. The molecule has 1 aromatic heterocycles. The summed E-state index contributed by atoms with van der Waals surface area (Å²) in [6.07, 6.45) is 3.57. The van der Waals surface area contributed by atoms with Crippen molar-refractivity contribution in [1.29, 1.82) is 0 Å². The standard InChI is InChI=1S/C15H17N3O2/c16-9-13(11-2-1-5-17-10-11)18-12-3-4-14-15(8-12)20-7-6-19-14/h1-5,8,10,13,18H,6-7,9,16H2. The molecule has 1 aliphatic heterocycles. The minimum Gasteiger partial charge on any atom is -0.486 e. The van der Waals surface area contributed by atoms with Crippen LogP contribution in [0.25, 0.3) is 0 Å². The van der Waals surface area contributed by atoms with Crippen molar-refractivity contribution in [2.24, 2.45) is 5.73 Å².